The maximum Gasteiger partial charge on any atom is 0.249 e. The van der Waals surface area contributed by atoms with Crippen LogP contribution in [0.5, 0.6) is 0 Å². The van der Waals surface area contributed by atoms with Crippen molar-refractivity contribution in [3.63, 3.8) is 0 Å². The fraction of sp³-hybridized carbons (Fsp3) is 0.556. The summed E-state index contributed by atoms with van der Waals surface area (Å²) in [6.07, 6.45) is 1.15. The minimum Gasteiger partial charge on any atom is -0.383 e. The molecule has 9 heteroatoms. The van der Waals surface area contributed by atoms with E-state index in [9.17, 15) is 13.2 Å². The van der Waals surface area contributed by atoms with Crippen molar-refractivity contribution in [3.8, 4) is 0 Å². The highest BCUT2D eigenvalue weighted by Gasteiger charge is 2.45. The van der Waals surface area contributed by atoms with Crippen molar-refractivity contribution in [2.24, 2.45) is 0 Å². The molecule has 2 rings (SSSR count). The number of aromatic amines is 1. The van der Waals surface area contributed by atoms with Gasteiger partial charge in [-0.1, -0.05) is 0 Å². The number of nitrogens with two attached hydrogens (primary N) is 1. The first-order valence-electron chi connectivity index (χ1n) is 5.38. The second-order valence-electron chi connectivity index (χ2n) is 4.54. The van der Waals surface area contributed by atoms with Crippen LogP contribution in [0.25, 0.3) is 0 Å². The zero-order valence-corrected chi connectivity index (χ0v) is 10.9. The molecular weight excluding hydrogens is 258 g/mol. The maximum absolute atomic E-state index is 12.4. The summed E-state index contributed by atoms with van der Waals surface area (Å²) in [6.45, 7) is 3.58. The quantitative estimate of drug-likeness (QED) is 0.631. The van der Waals surface area contributed by atoms with E-state index in [1.54, 1.807) is 13.8 Å². The van der Waals surface area contributed by atoms with Crippen LogP contribution in [0.3, 0.4) is 0 Å². The van der Waals surface area contributed by atoms with E-state index < -0.39 is 15.6 Å². The van der Waals surface area contributed by atoms with Crippen molar-refractivity contribution >= 4 is 21.7 Å². The van der Waals surface area contributed by atoms with Gasteiger partial charge in [0, 0.05) is 13.1 Å². The Labute approximate surface area is 105 Å². The summed E-state index contributed by atoms with van der Waals surface area (Å²) in [6, 6.07) is 0. The topological polar surface area (TPSA) is 121 Å². The van der Waals surface area contributed by atoms with E-state index in [2.05, 4.69) is 15.5 Å². The Kier molecular flexibility index (Phi) is 2.82. The summed E-state index contributed by atoms with van der Waals surface area (Å²) < 4.78 is 26.0. The smallest absolute Gasteiger partial charge is 0.249 e. The fourth-order valence-electron chi connectivity index (χ4n) is 1.91. The molecule has 0 spiro atoms. The average Bonchev–Trinajstić information content (AvgIpc) is 2.69. The van der Waals surface area contributed by atoms with E-state index in [0.29, 0.717) is 0 Å². The van der Waals surface area contributed by atoms with Gasteiger partial charge in [-0.3, -0.25) is 9.89 Å². The van der Waals surface area contributed by atoms with Gasteiger partial charge < -0.3 is 11.1 Å². The Morgan fingerprint density at radius 2 is 2.17 bits per heavy atom. The van der Waals surface area contributed by atoms with Gasteiger partial charge in [0.05, 0.1) is 6.20 Å². The minimum absolute atomic E-state index is 0.0308. The number of nitrogens with zero attached hydrogens (tertiary/aromatic N) is 2. The van der Waals surface area contributed by atoms with Crippen LogP contribution in [0.15, 0.2) is 11.1 Å². The van der Waals surface area contributed by atoms with Gasteiger partial charge in [-0.15, -0.1) is 0 Å². The van der Waals surface area contributed by atoms with Crippen molar-refractivity contribution in [1.29, 1.82) is 0 Å². The molecule has 1 saturated heterocycles. The zero-order valence-electron chi connectivity index (χ0n) is 10.1. The summed E-state index contributed by atoms with van der Waals surface area (Å²) in [5.41, 5.74) is 4.38. The van der Waals surface area contributed by atoms with E-state index in [1.807, 2.05) is 0 Å². The molecule has 1 aliphatic heterocycles. The lowest BCUT2D eigenvalue weighted by atomic mass is 10.0. The van der Waals surface area contributed by atoms with Gasteiger partial charge in [0.25, 0.3) is 0 Å². The zero-order chi connectivity index (χ0) is 13.6. The molecule has 1 aliphatic rings. The van der Waals surface area contributed by atoms with Gasteiger partial charge in [-0.25, -0.2) is 8.42 Å². The number of nitrogens with one attached hydrogen (secondary N) is 2. The largest absolute Gasteiger partial charge is 0.383 e. The van der Waals surface area contributed by atoms with Gasteiger partial charge in [0.1, 0.15) is 16.3 Å². The third kappa shape index (κ3) is 1.75. The lowest BCUT2D eigenvalue weighted by Gasteiger charge is -2.39. The van der Waals surface area contributed by atoms with Gasteiger partial charge in [-0.05, 0) is 13.8 Å². The number of piperazine rings is 1. The normalized spacial score (nSPS) is 20.7. The average molecular weight is 273 g/mol. The number of H-pyrrole nitrogens is 1. The van der Waals surface area contributed by atoms with Crippen molar-refractivity contribution in [2.45, 2.75) is 24.3 Å². The SMILES string of the molecule is CC1(C)C(=O)NCCN1S(=O)(=O)c1cn[nH]c1N. The Morgan fingerprint density at radius 1 is 1.50 bits per heavy atom. The third-order valence-electron chi connectivity index (χ3n) is 2.98. The number of carbonyl (C=O) groups is 1. The number of rotatable bonds is 2. The Morgan fingerprint density at radius 3 is 2.72 bits per heavy atom. The molecule has 1 aromatic heterocycles. The second-order valence-corrected chi connectivity index (χ2v) is 6.37. The van der Waals surface area contributed by atoms with Gasteiger partial charge in [0.2, 0.25) is 15.9 Å². The summed E-state index contributed by atoms with van der Waals surface area (Å²) in [5, 5.41) is 8.60. The van der Waals surface area contributed by atoms with Crippen LogP contribution < -0.4 is 11.1 Å². The van der Waals surface area contributed by atoms with Gasteiger partial charge >= 0.3 is 0 Å². The molecule has 1 aromatic rings. The first-order valence-corrected chi connectivity index (χ1v) is 6.82. The van der Waals surface area contributed by atoms with Crippen LogP contribution in [0, 0.1) is 0 Å². The van der Waals surface area contributed by atoms with Crippen molar-refractivity contribution in [1.82, 2.24) is 19.8 Å². The molecular formula is C9H15N5O3S. The maximum atomic E-state index is 12.4. The van der Waals surface area contributed by atoms with Crippen LogP contribution in [-0.4, -0.2) is 47.5 Å². The lowest BCUT2D eigenvalue weighted by Crippen LogP contribution is -2.63. The third-order valence-corrected chi connectivity index (χ3v) is 5.08. The van der Waals surface area contributed by atoms with Crippen LogP contribution in [-0.2, 0) is 14.8 Å². The summed E-state index contributed by atoms with van der Waals surface area (Å²) in [7, 11) is -3.84. The van der Waals surface area contributed by atoms with Crippen molar-refractivity contribution in [3.05, 3.63) is 6.20 Å². The Hall–Kier alpha value is -1.61. The lowest BCUT2D eigenvalue weighted by molar-refractivity contribution is -0.131. The Balaban J connectivity index is 2.48. The van der Waals surface area contributed by atoms with E-state index in [4.69, 9.17) is 5.73 Å². The van der Waals surface area contributed by atoms with Crippen LogP contribution >= 0.6 is 0 Å². The van der Waals surface area contributed by atoms with Crippen LogP contribution in [0.2, 0.25) is 0 Å². The van der Waals surface area contributed by atoms with Crippen LogP contribution in [0.4, 0.5) is 5.82 Å². The van der Waals surface area contributed by atoms with E-state index in [-0.39, 0.29) is 29.7 Å². The highest BCUT2D eigenvalue weighted by Crippen LogP contribution is 2.28. The Bertz CT molecular complexity index is 577. The molecule has 100 valence electrons. The molecule has 0 radical (unpaired) electrons. The number of amides is 1. The predicted octanol–water partition coefficient (Wildman–Crippen LogP) is -1.11. The summed E-state index contributed by atoms with van der Waals surface area (Å²) >= 11 is 0. The molecule has 0 saturated carbocycles. The summed E-state index contributed by atoms with van der Waals surface area (Å²) in [4.78, 5) is 11.6. The van der Waals surface area contributed by atoms with Crippen molar-refractivity contribution < 1.29 is 13.2 Å². The monoisotopic (exact) mass is 273 g/mol. The number of carbonyl (C=O) groups excluding carboxylic acids is 1. The number of anilines is 1. The minimum atomic E-state index is -3.84. The standard InChI is InChI=1S/C9H15N5O3S/c1-9(2)8(15)11-3-4-14(9)18(16,17)6-5-12-13-7(6)10/h5H,3-4H2,1-2H3,(H,11,15)(H3,10,12,13). The molecule has 8 nitrogen and oxygen atoms in total. The number of sulfonamides is 1. The molecule has 4 N–H and O–H groups in total. The highest BCUT2D eigenvalue weighted by atomic mass is 32.2. The number of aromatic nitrogens is 2. The molecule has 18 heavy (non-hydrogen) atoms. The fourth-order valence-corrected chi connectivity index (χ4v) is 3.67. The first kappa shape index (κ1) is 12.8. The van der Waals surface area contributed by atoms with E-state index in [0.717, 1.165) is 10.5 Å². The summed E-state index contributed by atoms with van der Waals surface area (Å²) in [5.74, 6) is -0.365. The molecule has 0 bridgehead atoms. The molecule has 0 atom stereocenters. The van der Waals surface area contributed by atoms with Crippen LogP contribution in [0.1, 0.15) is 13.8 Å². The molecule has 0 aromatic carbocycles. The van der Waals surface area contributed by atoms with E-state index >= 15 is 0 Å². The number of hydrogen-bond acceptors (Lipinski definition) is 5. The number of nitrogen functional groups attached to an aromatic ring is 1. The highest BCUT2D eigenvalue weighted by molar-refractivity contribution is 7.89. The molecule has 1 fully saturated rings. The van der Waals surface area contributed by atoms with Gasteiger partial charge in [-0.2, -0.15) is 9.40 Å². The molecule has 2 heterocycles. The molecule has 1 amide bonds. The van der Waals surface area contributed by atoms with E-state index in [1.165, 1.54) is 0 Å². The predicted molar refractivity (Wildman–Crippen MR) is 64.0 cm³/mol. The first-order chi connectivity index (χ1) is 8.28. The second kappa shape index (κ2) is 3.95. The van der Waals surface area contributed by atoms with Gasteiger partial charge in [0.15, 0.2) is 0 Å². The molecule has 0 aliphatic carbocycles. The number of hydrogen-bond donors (Lipinski definition) is 3. The van der Waals surface area contributed by atoms with Crippen molar-refractivity contribution in [2.75, 3.05) is 18.8 Å². The molecule has 0 unspecified atom stereocenters.